The van der Waals surface area contributed by atoms with Gasteiger partial charge in [0.25, 0.3) is 0 Å². The van der Waals surface area contributed by atoms with Crippen molar-refractivity contribution in [2.45, 2.75) is 69.8 Å². The lowest BCUT2D eigenvalue weighted by Crippen LogP contribution is -2.75. The number of hydrogen-bond acceptors (Lipinski definition) is 1. The number of halogens is 24. The quantitative estimate of drug-likeness (QED) is 0.0643. The number of aromatic nitrogens is 1. The van der Waals surface area contributed by atoms with Crippen molar-refractivity contribution in [1.82, 2.24) is 0 Å². The molecular formula is C53H32BF24NO. The third-order valence-electron chi connectivity index (χ3n) is 12.7. The lowest BCUT2D eigenvalue weighted by atomic mass is 9.12. The van der Waals surface area contributed by atoms with Crippen molar-refractivity contribution in [3.63, 3.8) is 0 Å². The molecule has 1 aromatic heterocycles. The molecule has 6 aromatic carbocycles. The first-order valence-electron chi connectivity index (χ1n) is 22.4. The second-order valence-electron chi connectivity index (χ2n) is 18.0. The van der Waals surface area contributed by atoms with Crippen LogP contribution in [0, 0.1) is 13.8 Å². The van der Waals surface area contributed by atoms with Crippen LogP contribution in [0.5, 0.6) is 0 Å². The Kier molecular flexibility index (Phi) is 16.6. The van der Waals surface area contributed by atoms with Crippen molar-refractivity contribution in [1.29, 1.82) is 0 Å². The number of carbonyl (C=O) groups excluding carboxylic acids is 1. The van der Waals surface area contributed by atoms with Crippen LogP contribution in [0.2, 0.25) is 0 Å². The van der Waals surface area contributed by atoms with E-state index in [0.717, 1.165) is 5.56 Å². The second kappa shape index (κ2) is 21.5. The second-order valence-corrected chi connectivity index (χ2v) is 18.0. The van der Waals surface area contributed by atoms with Crippen molar-refractivity contribution in [3.05, 3.63) is 207 Å². The van der Waals surface area contributed by atoms with E-state index in [9.17, 15) is 110 Å². The SMILES string of the molecule is Cc1cccc(-c2cc[n+](CC(=O)c3ccccc3)cc2)c1C.FC(F)(F)c1cc([B-](c2cc(C(F)(F)F)cc(C(F)(F)F)c2)(c2cc(C(F)(F)F)cc(C(F)(F)F)c2)c2cc(C(F)(F)F)cc(C(F)(F)F)c2)cc(C(F)(F)F)c1. The minimum atomic E-state index is -6.13. The normalized spacial score (nSPS) is 13.2. The van der Waals surface area contributed by atoms with E-state index >= 15 is 0 Å². The third-order valence-corrected chi connectivity index (χ3v) is 12.7. The average Bonchev–Trinajstić information content (AvgIpc) is 3.33. The lowest BCUT2D eigenvalue weighted by molar-refractivity contribution is -0.683. The number of ketones is 1. The summed E-state index contributed by atoms with van der Waals surface area (Å²) < 4.78 is 343. The van der Waals surface area contributed by atoms with Gasteiger partial charge in [0.1, 0.15) is 6.15 Å². The molecule has 0 aliphatic rings. The summed E-state index contributed by atoms with van der Waals surface area (Å²) in [5, 5.41) is 0. The van der Waals surface area contributed by atoms with Crippen LogP contribution in [-0.4, -0.2) is 11.9 Å². The molecule has 0 unspecified atom stereocenters. The van der Waals surface area contributed by atoms with Crippen molar-refractivity contribution in [2.75, 3.05) is 0 Å². The minimum absolute atomic E-state index is 0.120. The topological polar surface area (TPSA) is 20.9 Å². The van der Waals surface area contributed by atoms with Crippen molar-refractivity contribution < 1.29 is 115 Å². The molecule has 0 N–H and O–H groups in total. The highest BCUT2D eigenvalue weighted by Crippen LogP contribution is 2.41. The summed E-state index contributed by atoms with van der Waals surface area (Å²) in [7, 11) is 0. The Labute approximate surface area is 435 Å². The van der Waals surface area contributed by atoms with Crippen molar-refractivity contribution in [2.24, 2.45) is 0 Å². The van der Waals surface area contributed by atoms with E-state index in [0.29, 0.717) is 6.54 Å². The Bertz CT molecular complexity index is 2940. The van der Waals surface area contributed by atoms with Gasteiger partial charge in [0.05, 0.1) is 44.5 Å². The Morgan fingerprint density at radius 1 is 0.362 bits per heavy atom. The van der Waals surface area contributed by atoms with Crippen LogP contribution in [0.3, 0.4) is 0 Å². The van der Waals surface area contributed by atoms with Crippen LogP contribution in [0.25, 0.3) is 11.1 Å². The highest BCUT2D eigenvalue weighted by atomic mass is 19.4. The summed E-state index contributed by atoms with van der Waals surface area (Å²) in [6.45, 7) is 4.63. The third kappa shape index (κ3) is 13.9. The van der Waals surface area contributed by atoms with Crippen LogP contribution in [0.15, 0.2) is 146 Å². The minimum Gasteiger partial charge on any atom is -0.287 e. The van der Waals surface area contributed by atoms with E-state index in [-0.39, 0.29) is 5.78 Å². The van der Waals surface area contributed by atoms with E-state index in [1.54, 1.807) is 0 Å². The first-order valence-corrected chi connectivity index (χ1v) is 22.4. The van der Waals surface area contributed by atoms with Gasteiger partial charge >= 0.3 is 49.4 Å². The highest BCUT2D eigenvalue weighted by molar-refractivity contribution is 7.20. The number of nitrogens with zero attached hydrogens (tertiary/aromatic N) is 1. The van der Waals surface area contributed by atoms with Gasteiger partial charge in [-0.2, -0.15) is 132 Å². The zero-order valence-corrected chi connectivity index (χ0v) is 40.1. The first-order chi connectivity index (χ1) is 36.4. The van der Waals surface area contributed by atoms with Gasteiger partial charge in [0.2, 0.25) is 12.3 Å². The molecule has 27 heteroatoms. The summed E-state index contributed by atoms with van der Waals surface area (Å²) in [6, 6.07) is 11.1. The Hall–Kier alpha value is -7.48. The lowest BCUT2D eigenvalue weighted by Gasteiger charge is -2.46. The molecule has 7 aromatic rings. The van der Waals surface area contributed by atoms with E-state index in [4.69, 9.17) is 0 Å². The molecule has 0 aliphatic heterocycles. The molecule has 0 radical (unpaired) electrons. The fourth-order valence-electron chi connectivity index (χ4n) is 8.76. The van der Waals surface area contributed by atoms with Gasteiger partial charge in [0, 0.05) is 17.7 Å². The number of carbonyl (C=O) groups is 1. The van der Waals surface area contributed by atoms with Crippen LogP contribution in [0.1, 0.15) is 66.0 Å². The molecule has 0 saturated heterocycles. The van der Waals surface area contributed by atoms with Crippen LogP contribution in [-0.2, 0) is 56.0 Å². The largest absolute Gasteiger partial charge is 0.416 e. The maximum absolute atomic E-state index is 14.2. The number of alkyl halides is 24. The molecule has 0 amide bonds. The van der Waals surface area contributed by atoms with Gasteiger partial charge in [0.15, 0.2) is 12.4 Å². The number of aryl methyl sites for hydroxylation is 1. The maximum Gasteiger partial charge on any atom is 0.416 e. The maximum atomic E-state index is 14.2. The Balaban J connectivity index is 0.000000370. The van der Waals surface area contributed by atoms with Gasteiger partial charge in [-0.15, -0.1) is 0 Å². The molecule has 1 heterocycles. The zero-order chi connectivity index (χ0) is 60.1. The molecule has 2 nitrogen and oxygen atoms in total. The van der Waals surface area contributed by atoms with Gasteiger partial charge in [-0.25, -0.2) is 0 Å². The van der Waals surface area contributed by atoms with Crippen LogP contribution < -0.4 is 26.4 Å². The van der Waals surface area contributed by atoms with E-state index < -0.39 is 195 Å². The number of pyridine rings is 1. The van der Waals surface area contributed by atoms with Gasteiger partial charge in [-0.05, 0) is 60.4 Å². The van der Waals surface area contributed by atoms with E-state index in [2.05, 4.69) is 44.2 Å². The molecular weight excluding hydrogens is 1130 g/mol. The molecule has 0 aliphatic carbocycles. The molecule has 0 fully saturated rings. The summed E-state index contributed by atoms with van der Waals surface area (Å²) in [5.41, 5.74) is -24.5. The predicted octanol–water partition coefficient (Wildman–Crippen LogP) is 15.4. The number of Topliss-reactive ketones (excluding diaryl/α,β-unsaturated/α-hetero) is 1. The molecule has 80 heavy (non-hydrogen) atoms. The number of benzene rings is 6. The van der Waals surface area contributed by atoms with Crippen LogP contribution in [0.4, 0.5) is 105 Å². The monoisotopic (exact) mass is 1170 g/mol. The standard InChI is InChI=1S/C32H12BF24.C21H20NO/c34-25(35,36)13-1-14(26(37,38)39)6-21(5-13)33(22-7-15(27(40,41)42)2-16(8-22)28(43,44)45,23-9-17(29(46,47)48)3-18(10-23)30(49,50)51)24-11-19(31(52,53)54)4-20(12-24)32(55,56)57;1-16-7-6-10-20(17(16)2)18-11-13-22(14-12-18)15-21(23)19-8-4-3-5-9-19/h1-12H;3-14H,15H2,1-2H3/q-1;+1. The molecule has 0 spiro atoms. The fourth-order valence-corrected chi connectivity index (χ4v) is 8.76. The van der Waals surface area contributed by atoms with Crippen molar-refractivity contribution >= 4 is 33.8 Å². The van der Waals surface area contributed by atoms with Crippen molar-refractivity contribution in [3.8, 4) is 11.1 Å². The van der Waals surface area contributed by atoms with E-state index in [1.807, 2.05) is 47.3 Å². The summed E-state index contributed by atoms with van der Waals surface area (Å²) in [4.78, 5) is 12.2. The first kappa shape index (κ1) is 61.7. The van der Waals surface area contributed by atoms with Gasteiger partial charge < -0.3 is 0 Å². The summed E-state index contributed by atoms with van der Waals surface area (Å²) >= 11 is 0. The number of rotatable bonds is 8. The molecule has 426 valence electrons. The number of hydrogen-bond donors (Lipinski definition) is 0. The summed E-state index contributed by atoms with van der Waals surface area (Å²) in [6.07, 6.45) is -50.9. The Morgan fingerprint density at radius 3 is 0.900 bits per heavy atom. The molecule has 7 rings (SSSR count). The van der Waals surface area contributed by atoms with E-state index in [1.165, 1.54) is 22.3 Å². The average molecular weight is 1170 g/mol. The predicted molar refractivity (Wildman–Crippen MR) is 242 cm³/mol. The van der Waals surface area contributed by atoms with Gasteiger partial charge in [-0.1, -0.05) is 97.1 Å². The fraction of sp³-hybridized carbons (Fsp3) is 0.208. The molecule has 0 bridgehead atoms. The van der Waals surface area contributed by atoms with Crippen LogP contribution >= 0.6 is 0 Å². The molecule has 0 saturated carbocycles. The summed E-state index contributed by atoms with van der Waals surface area (Å²) in [5.74, 6) is 0.120. The molecule has 0 atom stereocenters. The van der Waals surface area contributed by atoms with Gasteiger partial charge in [-0.3, -0.25) is 4.79 Å². The smallest absolute Gasteiger partial charge is 0.287 e. The zero-order valence-electron chi connectivity index (χ0n) is 40.1. The Morgan fingerprint density at radius 2 is 0.637 bits per heavy atom. The highest BCUT2D eigenvalue weighted by Gasteiger charge is 2.47.